The largest absolute Gasteiger partial charge is 0.492 e. The summed E-state index contributed by atoms with van der Waals surface area (Å²) >= 11 is 0. The summed E-state index contributed by atoms with van der Waals surface area (Å²) in [6, 6.07) is -0.431. The zero-order valence-electron chi connectivity index (χ0n) is 9.76. The van der Waals surface area contributed by atoms with Crippen molar-refractivity contribution in [3.63, 3.8) is 0 Å². The summed E-state index contributed by atoms with van der Waals surface area (Å²) in [5.74, 6) is 0.237. The van der Waals surface area contributed by atoms with E-state index < -0.39 is 31.0 Å². The van der Waals surface area contributed by atoms with Crippen LogP contribution in [0.2, 0.25) is 0 Å². The van der Waals surface area contributed by atoms with Crippen molar-refractivity contribution in [2.24, 2.45) is 11.0 Å². The first kappa shape index (κ1) is 13.8. The Bertz CT molecular complexity index is 340. The topological polar surface area (TPSA) is 119 Å². The average Bonchev–Trinajstić information content (AvgIpc) is 2.31. The first-order valence-electron chi connectivity index (χ1n) is 5.37. The fourth-order valence-corrected chi connectivity index (χ4v) is 1.85. The Morgan fingerprint density at radius 3 is 2.76 bits per heavy atom. The molecule has 0 aromatic rings. The molecule has 1 rings (SSSR count). The Labute approximate surface area is 99.0 Å². The lowest BCUT2D eigenvalue weighted by Crippen LogP contribution is -2.48. The maximum absolute atomic E-state index is 9.82. The molecule has 0 fully saturated rings. The van der Waals surface area contributed by atoms with E-state index >= 15 is 0 Å². The third-order valence-electron chi connectivity index (χ3n) is 2.89. The van der Waals surface area contributed by atoms with E-state index in [9.17, 15) is 10.2 Å². The molecular formula is C10H17N3O4. The summed E-state index contributed by atoms with van der Waals surface area (Å²) in [6.07, 6.45) is -1.55. The monoisotopic (exact) mass is 243 g/mol. The molecular weight excluding hydrogens is 226 g/mol. The summed E-state index contributed by atoms with van der Waals surface area (Å²) in [5, 5.41) is 31.6. The highest BCUT2D eigenvalue weighted by Gasteiger charge is 2.37. The van der Waals surface area contributed by atoms with Gasteiger partial charge in [0.05, 0.1) is 18.4 Å². The lowest BCUT2D eigenvalue weighted by Gasteiger charge is -2.36. The number of rotatable bonds is 4. The molecule has 0 saturated carbocycles. The zero-order valence-corrected chi connectivity index (χ0v) is 9.76. The molecule has 96 valence electrons. The fraction of sp³-hybridized carbons (Fsp3) is 0.800. The molecule has 3 unspecified atom stereocenters. The molecule has 7 heteroatoms. The Morgan fingerprint density at radius 2 is 2.24 bits per heavy atom. The van der Waals surface area contributed by atoms with Crippen LogP contribution in [0.4, 0.5) is 0 Å². The van der Waals surface area contributed by atoms with Crippen LogP contribution in [0.1, 0.15) is 13.8 Å². The van der Waals surface area contributed by atoms with Gasteiger partial charge in [-0.15, -0.1) is 0 Å². The van der Waals surface area contributed by atoms with Gasteiger partial charge in [0.1, 0.15) is 18.3 Å². The molecule has 1 aliphatic heterocycles. The number of hydrogen-bond acceptors (Lipinski definition) is 5. The molecule has 3 N–H and O–H groups in total. The molecule has 1 heterocycles. The fourth-order valence-electron chi connectivity index (χ4n) is 1.85. The van der Waals surface area contributed by atoms with Crippen LogP contribution in [-0.2, 0) is 4.74 Å². The zero-order chi connectivity index (χ0) is 13.0. The van der Waals surface area contributed by atoms with E-state index in [1.54, 1.807) is 19.9 Å². The molecule has 0 bridgehead atoms. The van der Waals surface area contributed by atoms with E-state index in [0.717, 1.165) is 0 Å². The molecule has 0 aromatic heterocycles. The molecule has 0 aromatic carbocycles. The van der Waals surface area contributed by atoms with E-state index in [2.05, 4.69) is 10.0 Å². The van der Waals surface area contributed by atoms with Gasteiger partial charge in [-0.1, -0.05) is 12.0 Å². The molecule has 0 radical (unpaired) electrons. The van der Waals surface area contributed by atoms with E-state index in [-0.39, 0.29) is 5.92 Å². The molecule has 0 spiro atoms. The Balaban J connectivity index is 2.88. The predicted molar refractivity (Wildman–Crippen MR) is 59.8 cm³/mol. The van der Waals surface area contributed by atoms with Gasteiger partial charge in [-0.2, -0.15) is 0 Å². The van der Waals surface area contributed by atoms with E-state index in [4.69, 9.17) is 15.4 Å². The van der Waals surface area contributed by atoms with Crippen LogP contribution in [0.3, 0.4) is 0 Å². The van der Waals surface area contributed by atoms with Gasteiger partial charge in [-0.05, 0) is 18.5 Å². The second kappa shape index (κ2) is 5.88. The van der Waals surface area contributed by atoms with Crippen LogP contribution in [0.15, 0.2) is 16.9 Å². The van der Waals surface area contributed by atoms with E-state index in [1.807, 2.05) is 0 Å². The first-order chi connectivity index (χ1) is 8.01. The van der Waals surface area contributed by atoms with Crippen LogP contribution in [-0.4, -0.2) is 46.3 Å². The third-order valence-corrected chi connectivity index (χ3v) is 2.89. The Hall–Kier alpha value is -1.27. The molecule has 17 heavy (non-hydrogen) atoms. The summed E-state index contributed by atoms with van der Waals surface area (Å²) in [7, 11) is 0. The van der Waals surface area contributed by atoms with Gasteiger partial charge in [-0.25, -0.2) is 0 Å². The predicted octanol–water partition coefficient (Wildman–Crippen LogP) is 0.318. The summed E-state index contributed by atoms with van der Waals surface area (Å²) in [4.78, 5) is 2.73. The van der Waals surface area contributed by atoms with Gasteiger partial charge >= 0.3 is 0 Å². The maximum Gasteiger partial charge on any atom is 0.130 e. The maximum atomic E-state index is 9.82. The summed E-state index contributed by atoms with van der Waals surface area (Å²) in [5.41, 5.74) is 8.44. The molecule has 7 nitrogen and oxygen atoms in total. The quantitative estimate of drug-likeness (QED) is 0.374. The van der Waals surface area contributed by atoms with Gasteiger partial charge in [0.15, 0.2) is 0 Å². The number of allylic oxidation sites excluding steroid dienone is 1. The van der Waals surface area contributed by atoms with E-state index in [0.29, 0.717) is 5.76 Å². The van der Waals surface area contributed by atoms with Crippen molar-refractivity contribution >= 4 is 0 Å². The van der Waals surface area contributed by atoms with Crippen LogP contribution in [0, 0.1) is 5.92 Å². The van der Waals surface area contributed by atoms with Gasteiger partial charge in [0, 0.05) is 10.8 Å². The Kier molecular flexibility index (Phi) is 4.77. The minimum absolute atomic E-state index is 0.286. The average molecular weight is 243 g/mol. The molecule has 5 atom stereocenters. The van der Waals surface area contributed by atoms with Crippen molar-refractivity contribution < 1.29 is 20.1 Å². The molecule has 1 aliphatic rings. The van der Waals surface area contributed by atoms with Gasteiger partial charge in [-0.3, -0.25) is 0 Å². The van der Waals surface area contributed by atoms with Gasteiger partial charge < -0.3 is 20.1 Å². The minimum atomic E-state index is -1.28. The first-order valence-corrected chi connectivity index (χ1v) is 5.37. The van der Waals surface area contributed by atoms with Crippen molar-refractivity contribution in [1.29, 1.82) is 0 Å². The third kappa shape index (κ3) is 3.10. The molecule has 0 aliphatic carbocycles. The summed E-state index contributed by atoms with van der Waals surface area (Å²) in [6.45, 7) is 2.87. The molecule has 0 amide bonds. The second-order valence-electron chi connectivity index (χ2n) is 4.15. The number of aliphatic hydroxyl groups excluding tert-OH is 3. The normalized spacial score (nSPS) is 31.8. The second-order valence-corrected chi connectivity index (χ2v) is 4.15. The van der Waals surface area contributed by atoms with E-state index in [1.165, 1.54) is 0 Å². The lowest BCUT2D eigenvalue weighted by atomic mass is 9.88. The van der Waals surface area contributed by atoms with Gasteiger partial charge in [0.2, 0.25) is 0 Å². The number of aliphatic hydroxyl groups is 3. The van der Waals surface area contributed by atoms with Crippen LogP contribution in [0.5, 0.6) is 0 Å². The van der Waals surface area contributed by atoms with Crippen LogP contribution < -0.4 is 0 Å². The molecule has 0 saturated heterocycles. The van der Waals surface area contributed by atoms with Crippen molar-refractivity contribution in [3.05, 3.63) is 22.3 Å². The van der Waals surface area contributed by atoms with Crippen LogP contribution >= 0.6 is 0 Å². The van der Waals surface area contributed by atoms with Gasteiger partial charge in [0.25, 0.3) is 0 Å². The van der Waals surface area contributed by atoms with Crippen molar-refractivity contribution in [1.82, 2.24) is 0 Å². The number of hydrogen-bond donors (Lipinski definition) is 3. The van der Waals surface area contributed by atoms with Crippen molar-refractivity contribution in [2.75, 3.05) is 6.61 Å². The summed E-state index contributed by atoms with van der Waals surface area (Å²) < 4.78 is 5.42. The highest BCUT2D eigenvalue weighted by atomic mass is 16.5. The van der Waals surface area contributed by atoms with Crippen LogP contribution in [0.25, 0.3) is 10.4 Å². The highest BCUT2D eigenvalue weighted by molar-refractivity contribution is 5.08. The highest BCUT2D eigenvalue weighted by Crippen LogP contribution is 2.28. The van der Waals surface area contributed by atoms with Crippen molar-refractivity contribution in [3.8, 4) is 0 Å². The smallest absolute Gasteiger partial charge is 0.130 e. The standard InChI is InChI=1S/C10H17N3O4/c1-5-3-7(12-13-11)6(2)10(17-5)9(16)8(15)4-14/h3,6-10,14-16H,4H2,1-2H3/t6-,7-,8?,9?,10?/m1/s1. The number of ether oxygens (including phenoxy) is 1. The Morgan fingerprint density at radius 1 is 1.59 bits per heavy atom. The van der Waals surface area contributed by atoms with Crippen molar-refractivity contribution in [2.45, 2.75) is 38.2 Å². The number of nitrogens with zero attached hydrogens (tertiary/aromatic N) is 3. The SMILES string of the molecule is CC1=C[C@@H](N=[N+]=[N-])[C@@H](C)C(C(O)C(O)CO)O1. The minimum Gasteiger partial charge on any atom is -0.492 e. The number of azide groups is 1. The lowest BCUT2D eigenvalue weighted by molar-refractivity contribution is -0.109.